The maximum atomic E-state index is 13.0. The fourth-order valence-electron chi connectivity index (χ4n) is 3.57. The van der Waals surface area contributed by atoms with Gasteiger partial charge < -0.3 is 9.80 Å². The van der Waals surface area contributed by atoms with Crippen LogP contribution in [0.4, 0.5) is 5.69 Å². The van der Waals surface area contributed by atoms with E-state index in [4.69, 9.17) is 0 Å². The van der Waals surface area contributed by atoms with Gasteiger partial charge >= 0.3 is 0 Å². The van der Waals surface area contributed by atoms with Gasteiger partial charge in [0.25, 0.3) is 5.91 Å². The lowest BCUT2D eigenvalue weighted by atomic mass is 10.0. The second kappa shape index (κ2) is 7.68. The first kappa shape index (κ1) is 18.0. The van der Waals surface area contributed by atoms with Crippen molar-refractivity contribution >= 4 is 17.5 Å². The van der Waals surface area contributed by atoms with Crippen molar-refractivity contribution in [1.82, 2.24) is 15.1 Å². The number of amides is 2. The van der Waals surface area contributed by atoms with Crippen LogP contribution in [0.2, 0.25) is 0 Å². The summed E-state index contributed by atoms with van der Waals surface area (Å²) in [6.07, 6.45) is 2.22. The highest BCUT2D eigenvalue weighted by Crippen LogP contribution is 2.24. The second-order valence-electron chi connectivity index (χ2n) is 7.09. The molecule has 6 nitrogen and oxygen atoms in total. The molecule has 2 aromatic carbocycles. The molecule has 1 atom stereocenters. The van der Waals surface area contributed by atoms with Gasteiger partial charge in [-0.3, -0.25) is 14.7 Å². The van der Waals surface area contributed by atoms with Crippen molar-refractivity contribution in [3.05, 3.63) is 83.7 Å². The third-order valence-electron chi connectivity index (χ3n) is 5.09. The van der Waals surface area contributed by atoms with E-state index in [2.05, 4.69) is 10.2 Å². The number of benzene rings is 2. The van der Waals surface area contributed by atoms with Crippen LogP contribution >= 0.6 is 0 Å². The normalized spacial score (nSPS) is 17.0. The van der Waals surface area contributed by atoms with Crippen molar-refractivity contribution in [3.8, 4) is 0 Å². The second-order valence-corrected chi connectivity index (χ2v) is 7.09. The zero-order valence-electron chi connectivity index (χ0n) is 15.7. The van der Waals surface area contributed by atoms with Gasteiger partial charge in [0.1, 0.15) is 12.2 Å². The molecular formula is C22H22N4O2. The third kappa shape index (κ3) is 3.67. The minimum Gasteiger partial charge on any atom is -0.323 e. The summed E-state index contributed by atoms with van der Waals surface area (Å²) in [5, 5.41) is 6.59. The molecule has 0 aliphatic carbocycles. The molecule has 142 valence electrons. The molecule has 4 rings (SSSR count). The molecule has 0 spiro atoms. The van der Waals surface area contributed by atoms with E-state index in [1.165, 1.54) is 0 Å². The summed E-state index contributed by atoms with van der Waals surface area (Å²) in [5.74, 6) is -0.281. The number of aryl methyl sites for hydroxylation is 1. The van der Waals surface area contributed by atoms with Gasteiger partial charge in [-0.2, -0.15) is 5.10 Å². The van der Waals surface area contributed by atoms with Gasteiger partial charge in [-0.25, -0.2) is 0 Å². The molecule has 0 saturated carbocycles. The summed E-state index contributed by atoms with van der Waals surface area (Å²) in [4.78, 5) is 29.3. The predicted octanol–water partition coefficient (Wildman–Crippen LogP) is 2.82. The van der Waals surface area contributed by atoms with E-state index in [-0.39, 0.29) is 24.4 Å². The molecule has 0 radical (unpaired) electrons. The molecule has 0 unspecified atom stereocenters. The molecule has 1 fully saturated rings. The fourth-order valence-corrected chi connectivity index (χ4v) is 3.57. The molecule has 6 heteroatoms. The Balaban J connectivity index is 1.63. The van der Waals surface area contributed by atoms with E-state index >= 15 is 0 Å². The zero-order valence-corrected chi connectivity index (χ0v) is 15.7. The highest BCUT2D eigenvalue weighted by atomic mass is 16.2. The molecule has 0 bridgehead atoms. The Morgan fingerprint density at radius 1 is 1.11 bits per heavy atom. The van der Waals surface area contributed by atoms with E-state index in [1.807, 2.05) is 61.5 Å². The SMILES string of the molecule is Cc1ccc(N2C[C@H](Cc3ccccc3)N(C(=O)c3ccn[nH]3)CC2=O)cc1. The van der Waals surface area contributed by atoms with E-state index < -0.39 is 0 Å². The van der Waals surface area contributed by atoms with Crippen LogP contribution in [0.25, 0.3) is 0 Å². The standard InChI is InChI=1S/C22H22N4O2/c1-16-7-9-18(10-8-16)25-14-19(13-17-5-3-2-4-6-17)26(15-21(25)27)22(28)20-11-12-23-24-20/h2-12,19H,13-15H2,1H3,(H,23,24)/t19-/m0/s1. The first-order valence-electron chi connectivity index (χ1n) is 9.33. The molecule has 2 heterocycles. The number of H-pyrrole nitrogens is 1. The maximum Gasteiger partial charge on any atom is 0.272 e. The Bertz CT molecular complexity index is 952. The predicted molar refractivity (Wildman–Crippen MR) is 107 cm³/mol. The van der Waals surface area contributed by atoms with Crippen molar-refractivity contribution in [2.45, 2.75) is 19.4 Å². The summed E-state index contributed by atoms with van der Waals surface area (Å²) in [5.41, 5.74) is 3.54. The van der Waals surface area contributed by atoms with Crippen molar-refractivity contribution in [2.24, 2.45) is 0 Å². The summed E-state index contributed by atoms with van der Waals surface area (Å²) in [7, 11) is 0. The van der Waals surface area contributed by atoms with E-state index in [9.17, 15) is 9.59 Å². The number of aromatic nitrogens is 2. The summed E-state index contributed by atoms with van der Waals surface area (Å²) in [6, 6.07) is 19.5. The molecular weight excluding hydrogens is 352 g/mol. The van der Waals surface area contributed by atoms with Crippen molar-refractivity contribution < 1.29 is 9.59 Å². The van der Waals surface area contributed by atoms with Crippen LogP contribution in [0.15, 0.2) is 66.9 Å². The average Bonchev–Trinajstić information content (AvgIpc) is 3.25. The number of hydrogen-bond donors (Lipinski definition) is 1. The summed E-state index contributed by atoms with van der Waals surface area (Å²) >= 11 is 0. The molecule has 3 aromatic rings. The average molecular weight is 374 g/mol. The number of piperazine rings is 1. The Labute approximate surface area is 163 Å². The lowest BCUT2D eigenvalue weighted by Gasteiger charge is -2.41. The van der Waals surface area contributed by atoms with Crippen molar-refractivity contribution in [3.63, 3.8) is 0 Å². The third-order valence-corrected chi connectivity index (χ3v) is 5.09. The molecule has 1 aliphatic heterocycles. The van der Waals surface area contributed by atoms with Crippen molar-refractivity contribution in [1.29, 1.82) is 0 Å². The highest BCUT2D eigenvalue weighted by Gasteiger charge is 2.36. The number of nitrogens with zero attached hydrogens (tertiary/aromatic N) is 3. The van der Waals surface area contributed by atoms with Gasteiger partial charge in [-0.05, 0) is 37.1 Å². The number of aromatic amines is 1. The lowest BCUT2D eigenvalue weighted by Crippen LogP contribution is -2.59. The van der Waals surface area contributed by atoms with Gasteiger partial charge in [0.15, 0.2) is 0 Å². The van der Waals surface area contributed by atoms with Crippen LogP contribution in [0.1, 0.15) is 21.6 Å². The Morgan fingerprint density at radius 2 is 1.86 bits per heavy atom. The smallest absolute Gasteiger partial charge is 0.272 e. The largest absolute Gasteiger partial charge is 0.323 e. The Morgan fingerprint density at radius 3 is 2.54 bits per heavy atom. The number of carbonyl (C=O) groups excluding carboxylic acids is 2. The van der Waals surface area contributed by atoms with E-state index in [1.54, 1.807) is 22.1 Å². The van der Waals surface area contributed by atoms with Crippen LogP contribution in [-0.4, -0.2) is 46.0 Å². The van der Waals surface area contributed by atoms with E-state index in [0.717, 1.165) is 16.8 Å². The highest BCUT2D eigenvalue weighted by molar-refractivity contribution is 6.01. The summed E-state index contributed by atoms with van der Waals surface area (Å²) in [6.45, 7) is 2.52. The zero-order chi connectivity index (χ0) is 19.5. The first-order chi connectivity index (χ1) is 13.6. The first-order valence-corrected chi connectivity index (χ1v) is 9.33. The van der Waals surface area contributed by atoms with Gasteiger partial charge in [0.05, 0.1) is 6.04 Å². The number of anilines is 1. The number of carbonyl (C=O) groups is 2. The summed E-state index contributed by atoms with van der Waals surface area (Å²) < 4.78 is 0. The quantitative estimate of drug-likeness (QED) is 0.763. The molecule has 1 aromatic heterocycles. The van der Waals surface area contributed by atoms with Crippen LogP contribution in [-0.2, 0) is 11.2 Å². The maximum absolute atomic E-state index is 13.0. The van der Waals surface area contributed by atoms with Crippen LogP contribution in [0, 0.1) is 6.92 Å². The van der Waals surface area contributed by atoms with E-state index in [0.29, 0.717) is 18.7 Å². The van der Waals surface area contributed by atoms with Gasteiger partial charge in [0.2, 0.25) is 5.91 Å². The van der Waals surface area contributed by atoms with Crippen LogP contribution in [0.3, 0.4) is 0 Å². The number of nitrogens with one attached hydrogen (secondary N) is 1. The minimum absolute atomic E-state index is 0.0449. The van der Waals surface area contributed by atoms with Gasteiger partial charge in [-0.15, -0.1) is 0 Å². The Hall–Kier alpha value is -3.41. The van der Waals surface area contributed by atoms with Crippen LogP contribution < -0.4 is 4.90 Å². The monoisotopic (exact) mass is 374 g/mol. The van der Waals surface area contributed by atoms with Crippen molar-refractivity contribution in [2.75, 3.05) is 18.0 Å². The molecule has 28 heavy (non-hydrogen) atoms. The molecule has 1 aliphatic rings. The van der Waals surface area contributed by atoms with Gasteiger partial charge in [-0.1, -0.05) is 48.0 Å². The fraction of sp³-hybridized carbons (Fsp3) is 0.227. The lowest BCUT2D eigenvalue weighted by molar-refractivity contribution is -0.121. The Kier molecular flexibility index (Phi) is 4.93. The van der Waals surface area contributed by atoms with Gasteiger partial charge in [0, 0.05) is 18.4 Å². The molecule has 1 N–H and O–H groups in total. The topological polar surface area (TPSA) is 69.3 Å². The number of hydrogen-bond acceptors (Lipinski definition) is 3. The number of rotatable bonds is 4. The molecule has 1 saturated heterocycles. The minimum atomic E-state index is -0.199. The van der Waals surface area contributed by atoms with Crippen LogP contribution in [0.5, 0.6) is 0 Å². The molecule has 2 amide bonds.